The average molecular weight is 608 g/mol. The van der Waals surface area contributed by atoms with Gasteiger partial charge in [-0.25, -0.2) is 0 Å². The molecule has 0 saturated heterocycles. The molecule has 0 spiro atoms. The van der Waals surface area contributed by atoms with Crippen molar-refractivity contribution in [3.05, 3.63) is 91.0 Å². The summed E-state index contributed by atoms with van der Waals surface area (Å²) in [6.45, 7) is 0. The third-order valence-electron chi connectivity index (χ3n) is 4.67. The number of carbonyl (C=O) groups is 2. The van der Waals surface area contributed by atoms with Crippen molar-refractivity contribution in [2.24, 2.45) is 0 Å². The monoisotopic (exact) mass is 608 g/mol. The summed E-state index contributed by atoms with van der Waals surface area (Å²) < 4.78 is 14.1. The zero-order valence-corrected chi connectivity index (χ0v) is 20.0. The predicted molar refractivity (Wildman–Crippen MR) is 117 cm³/mol. The van der Waals surface area contributed by atoms with Gasteiger partial charge in [0.15, 0.2) is 0 Å². The van der Waals surface area contributed by atoms with Gasteiger partial charge in [0.1, 0.15) is 0 Å². The number of hydrogen-bond acceptors (Lipinski definition) is 6. The number of hydrogen-bond donors (Lipinski definition) is 0. The number of nitrogens with zero attached hydrogens (tertiary/aromatic N) is 2. The molecule has 0 atom stereocenters. The molecule has 0 saturated carbocycles. The first-order chi connectivity index (χ1) is 15.1. The van der Waals surface area contributed by atoms with Gasteiger partial charge in [0.05, 0.1) is 0 Å². The molecule has 0 aliphatic heterocycles. The fourth-order valence-corrected chi connectivity index (χ4v) is 21.4. The standard InChI is InChI=1S/3C6H5.2C3H3NO2.Bi/c3*1-2-4-6-5-3-1;2*4-2-1-3(5)6;/h3*1-5H;2*1H2,(H,5,6);/q;;;;;+2/p-2. The first-order valence-corrected chi connectivity index (χ1v) is 17.5. The Kier molecular flexibility index (Phi) is 6.80. The van der Waals surface area contributed by atoms with Gasteiger partial charge in [0, 0.05) is 0 Å². The Bertz CT molecular complexity index is 1020. The van der Waals surface area contributed by atoms with E-state index in [4.69, 9.17) is 16.2 Å². The van der Waals surface area contributed by atoms with E-state index in [0.717, 1.165) is 0 Å². The number of rotatable bonds is 7. The number of benzene rings is 3. The molecule has 0 heterocycles. The van der Waals surface area contributed by atoms with Crippen LogP contribution in [0.25, 0.3) is 0 Å². The van der Waals surface area contributed by atoms with Crippen molar-refractivity contribution in [3.63, 3.8) is 0 Å². The first kappa shape index (κ1) is 22.2. The molecule has 154 valence electrons. The summed E-state index contributed by atoms with van der Waals surface area (Å²) in [6, 6.07) is 30.2. The summed E-state index contributed by atoms with van der Waals surface area (Å²) in [7, 11) is 0. The molecule has 3 aromatic rings. The van der Waals surface area contributed by atoms with Crippen molar-refractivity contribution < 1.29 is 15.2 Å². The number of carbonyl (C=O) groups excluding carboxylic acids is 2. The molecule has 0 bridgehead atoms. The summed E-state index contributed by atoms with van der Waals surface area (Å²) in [5.41, 5.74) is 0. The fourth-order valence-electron chi connectivity index (χ4n) is 3.46. The van der Waals surface area contributed by atoms with Crippen LogP contribution in [0.2, 0.25) is 0 Å². The third-order valence-corrected chi connectivity index (χ3v) is 23.4. The average Bonchev–Trinajstić information content (AvgIpc) is 2.81. The molecule has 0 amide bonds. The van der Waals surface area contributed by atoms with E-state index in [1.54, 1.807) is 91.0 Å². The molecule has 7 heteroatoms. The SMILES string of the molecule is N#CCC(=O)[O][Bi]([O]C(=O)CC#N)([c]1ccccc1)([c]1ccccc1)[c]1ccccc1. The van der Waals surface area contributed by atoms with Gasteiger partial charge in [0.2, 0.25) is 0 Å². The van der Waals surface area contributed by atoms with E-state index >= 15 is 0 Å². The van der Waals surface area contributed by atoms with Gasteiger partial charge in [-0.3, -0.25) is 0 Å². The van der Waals surface area contributed by atoms with Crippen LogP contribution in [-0.2, 0) is 15.2 Å². The van der Waals surface area contributed by atoms with Crippen LogP contribution in [0.15, 0.2) is 91.0 Å². The molecule has 0 N–H and O–H groups in total. The molecule has 31 heavy (non-hydrogen) atoms. The van der Waals surface area contributed by atoms with Crippen LogP contribution in [0.1, 0.15) is 12.8 Å². The van der Waals surface area contributed by atoms with E-state index in [1.165, 1.54) is 0 Å². The van der Waals surface area contributed by atoms with Crippen LogP contribution in [0, 0.1) is 22.7 Å². The molecule has 0 aromatic heterocycles. The zero-order chi connectivity index (χ0) is 22.2. The molecule has 0 fully saturated rings. The van der Waals surface area contributed by atoms with Gasteiger partial charge in [-0.05, 0) is 0 Å². The fraction of sp³-hybridized carbons (Fsp3) is 0.0833. The van der Waals surface area contributed by atoms with Crippen LogP contribution in [0.4, 0.5) is 0 Å². The van der Waals surface area contributed by atoms with Gasteiger partial charge in [-0.15, -0.1) is 0 Å². The number of nitriles is 2. The van der Waals surface area contributed by atoms with Crippen LogP contribution in [0.5, 0.6) is 0 Å². The molecule has 0 radical (unpaired) electrons. The molecule has 0 aliphatic carbocycles. The topological polar surface area (TPSA) is 100 Å². The van der Waals surface area contributed by atoms with E-state index in [1.807, 2.05) is 12.1 Å². The Morgan fingerprint density at radius 2 is 0.903 bits per heavy atom. The van der Waals surface area contributed by atoms with Gasteiger partial charge in [-0.2, -0.15) is 0 Å². The Labute approximate surface area is 182 Å². The molecule has 3 aromatic carbocycles. The Balaban J connectivity index is 2.51. The second-order valence-corrected chi connectivity index (χ2v) is 21.4. The molecule has 6 nitrogen and oxygen atoms in total. The summed E-state index contributed by atoms with van der Waals surface area (Å²) in [5, 5.41) is 18.2. The zero-order valence-electron chi connectivity index (χ0n) is 16.5. The van der Waals surface area contributed by atoms with Crippen molar-refractivity contribution >= 4 is 41.4 Å². The summed E-state index contributed by atoms with van der Waals surface area (Å²) in [5.74, 6) is -1.59. The molecule has 0 unspecified atom stereocenters. The van der Waals surface area contributed by atoms with E-state index < -0.39 is 44.4 Å². The Hall–Kier alpha value is -3.54. The van der Waals surface area contributed by atoms with E-state index in [9.17, 15) is 9.59 Å². The molecule has 0 aliphatic rings. The summed E-state index contributed by atoms with van der Waals surface area (Å²) in [6.07, 6.45) is -1.01. The molecule has 3 rings (SSSR count). The Morgan fingerprint density at radius 3 is 1.16 bits per heavy atom. The minimum absolute atomic E-state index is 0.507. The van der Waals surface area contributed by atoms with Crippen molar-refractivity contribution in [2.45, 2.75) is 12.8 Å². The van der Waals surface area contributed by atoms with E-state index in [0.29, 0.717) is 9.81 Å². The second-order valence-electron chi connectivity index (χ2n) is 6.56. The maximum atomic E-state index is 12.9. The van der Waals surface area contributed by atoms with Crippen LogP contribution in [-0.4, -0.2) is 31.6 Å². The van der Waals surface area contributed by atoms with Crippen molar-refractivity contribution in [3.8, 4) is 12.1 Å². The predicted octanol–water partition coefficient (Wildman–Crippen LogP) is 2.02. The van der Waals surface area contributed by atoms with Crippen LogP contribution >= 0.6 is 0 Å². The van der Waals surface area contributed by atoms with Crippen LogP contribution in [0.3, 0.4) is 0 Å². The minimum atomic E-state index is -6.04. The first-order valence-electron chi connectivity index (χ1n) is 9.45. The Morgan fingerprint density at radius 1 is 0.613 bits per heavy atom. The quantitative estimate of drug-likeness (QED) is 0.381. The molecular formula is C24H19BiN2O4. The van der Waals surface area contributed by atoms with Crippen molar-refractivity contribution in [1.29, 1.82) is 10.5 Å². The second kappa shape index (κ2) is 9.52. The van der Waals surface area contributed by atoms with E-state index in [2.05, 4.69) is 0 Å². The van der Waals surface area contributed by atoms with Gasteiger partial charge >= 0.3 is 183 Å². The normalized spacial score (nSPS) is 11.7. The van der Waals surface area contributed by atoms with Gasteiger partial charge in [0.25, 0.3) is 0 Å². The molecular weight excluding hydrogens is 589 g/mol. The van der Waals surface area contributed by atoms with E-state index in [-0.39, 0.29) is 0 Å². The summed E-state index contributed by atoms with van der Waals surface area (Å²) >= 11 is -6.04. The maximum absolute atomic E-state index is 12.9. The van der Waals surface area contributed by atoms with Crippen molar-refractivity contribution in [2.75, 3.05) is 0 Å². The van der Waals surface area contributed by atoms with Gasteiger partial charge in [-0.1, -0.05) is 0 Å². The van der Waals surface area contributed by atoms with Crippen LogP contribution < -0.4 is 9.81 Å². The van der Waals surface area contributed by atoms with Gasteiger partial charge < -0.3 is 0 Å². The third kappa shape index (κ3) is 4.06. The van der Waals surface area contributed by atoms with Crippen molar-refractivity contribution in [1.82, 2.24) is 0 Å². The summed E-state index contributed by atoms with van der Waals surface area (Å²) in [4.78, 5) is 25.8.